The number of carbonyl (C=O) groups excluding carboxylic acids is 1. The van der Waals surface area contributed by atoms with Gasteiger partial charge in [0, 0.05) is 0 Å². The van der Waals surface area contributed by atoms with Crippen molar-refractivity contribution in [2.45, 2.75) is 59.0 Å². The van der Waals surface area contributed by atoms with E-state index in [0.29, 0.717) is 24.9 Å². The summed E-state index contributed by atoms with van der Waals surface area (Å²) in [5.41, 5.74) is 0. The van der Waals surface area contributed by atoms with Gasteiger partial charge in [-0.1, -0.05) is 27.2 Å². The number of fused-ring (bicyclic) bond motifs is 2. The lowest BCUT2D eigenvalue weighted by atomic mass is 9.79. The monoisotopic (exact) mass is 268 g/mol. The minimum absolute atomic E-state index is 0.176. The lowest BCUT2D eigenvalue weighted by Crippen LogP contribution is -2.34. The predicted molar refractivity (Wildman–Crippen MR) is 74.5 cm³/mol. The van der Waals surface area contributed by atoms with Gasteiger partial charge in [0.25, 0.3) is 0 Å². The molecule has 1 N–H and O–H groups in total. The van der Waals surface area contributed by atoms with Crippen molar-refractivity contribution in [3.8, 4) is 0 Å². The summed E-state index contributed by atoms with van der Waals surface area (Å²) >= 11 is 0. The second-order valence-electron chi connectivity index (χ2n) is 7.12. The summed E-state index contributed by atoms with van der Waals surface area (Å²) in [7, 11) is 0. The van der Waals surface area contributed by atoms with E-state index in [-0.39, 0.29) is 11.9 Å². The summed E-state index contributed by atoms with van der Waals surface area (Å²) in [6.07, 6.45) is 5.29. The van der Waals surface area contributed by atoms with Crippen LogP contribution in [0.5, 0.6) is 0 Å². The number of carbonyl (C=O) groups is 1. The maximum atomic E-state index is 11.4. The van der Waals surface area contributed by atoms with E-state index in [1.54, 1.807) is 0 Å². The lowest BCUT2D eigenvalue weighted by molar-refractivity contribution is -0.145. The highest BCUT2D eigenvalue weighted by Gasteiger charge is 2.47. The minimum Gasteiger partial charge on any atom is -0.465 e. The number of hydrogen-bond donors (Lipinski definition) is 1. The third-order valence-electron chi connectivity index (χ3n) is 4.62. The van der Waals surface area contributed by atoms with E-state index in [1.165, 1.54) is 19.3 Å². The summed E-state index contributed by atoms with van der Waals surface area (Å²) in [5, 5.41) is 10.2. The molecule has 5 unspecified atom stereocenters. The second-order valence-corrected chi connectivity index (χ2v) is 7.12. The van der Waals surface area contributed by atoms with Gasteiger partial charge in [0.1, 0.15) is 0 Å². The van der Waals surface area contributed by atoms with Gasteiger partial charge in [0.05, 0.1) is 18.6 Å². The first-order valence-corrected chi connectivity index (χ1v) is 7.83. The van der Waals surface area contributed by atoms with Gasteiger partial charge in [-0.2, -0.15) is 0 Å². The summed E-state index contributed by atoms with van der Waals surface area (Å²) in [6, 6.07) is 0. The Kier molecular flexibility index (Phi) is 4.88. The topological polar surface area (TPSA) is 46.5 Å². The summed E-state index contributed by atoms with van der Waals surface area (Å²) in [6.45, 7) is 7.00. The van der Waals surface area contributed by atoms with Gasteiger partial charge in [-0.25, -0.2) is 0 Å². The first-order chi connectivity index (χ1) is 8.99. The fourth-order valence-electron chi connectivity index (χ4n) is 3.83. The fourth-order valence-corrected chi connectivity index (χ4v) is 3.83. The van der Waals surface area contributed by atoms with Crippen molar-refractivity contribution in [3.63, 3.8) is 0 Å². The zero-order chi connectivity index (χ0) is 14.0. The quantitative estimate of drug-likeness (QED) is 0.783. The van der Waals surface area contributed by atoms with E-state index >= 15 is 0 Å². The molecule has 0 aromatic carbocycles. The van der Waals surface area contributed by atoms with Gasteiger partial charge >= 0.3 is 5.97 Å². The Morgan fingerprint density at radius 3 is 2.26 bits per heavy atom. The van der Waals surface area contributed by atoms with Crippen LogP contribution in [0.3, 0.4) is 0 Å². The van der Waals surface area contributed by atoms with E-state index in [4.69, 9.17) is 4.74 Å². The molecular formula is C16H28O3. The molecule has 2 bridgehead atoms. The van der Waals surface area contributed by atoms with Crippen LogP contribution in [0.25, 0.3) is 0 Å². The Hall–Kier alpha value is -0.570. The van der Waals surface area contributed by atoms with Crippen LogP contribution in [0.2, 0.25) is 0 Å². The van der Waals surface area contributed by atoms with Crippen molar-refractivity contribution in [2.24, 2.45) is 29.6 Å². The molecule has 1 saturated heterocycles. The third kappa shape index (κ3) is 3.50. The fraction of sp³-hybridized carbons (Fsp3) is 0.938. The predicted octanol–water partition coefficient (Wildman–Crippen LogP) is 3.01. The molecule has 3 rings (SSSR count). The van der Waals surface area contributed by atoms with Gasteiger partial charge in [-0.15, -0.1) is 0 Å². The van der Waals surface area contributed by atoms with Gasteiger partial charge in [0.2, 0.25) is 0 Å². The number of aliphatic hydroxyl groups excluding tert-OH is 1. The molecule has 3 aliphatic rings. The van der Waals surface area contributed by atoms with Crippen LogP contribution in [-0.4, -0.2) is 23.8 Å². The van der Waals surface area contributed by atoms with Crippen LogP contribution in [0.15, 0.2) is 0 Å². The number of aliphatic hydroxyl groups is 1. The molecule has 0 amide bonds. The first-order valence-electron chi connectivity index (χ1n) is 7.83. The SMILES string of the molecule is CC(C)C.O=C1OCCC1C(O)C1CC2CCC1C2. The van der Waals surface area contributed by atoms with Crippen molar-refractivity contribution in [2.75, 3.05) is 6.61 Å². The molecule has 2 aliphatic carbocycles. The molecule has 0 aromatic heterocycles. The average molecular weight is 268 g/mol. The van der Waals surface area contributed by atoms with Crippen LogP contribution in [-0.2, 0) is 9.53 Å². The number of cyclic esters (lactones) is 1. The van der Waals surface area contributed by atoms with Crippen LogP contribution in [0.4, 0.5) is 0 Å². The van der Waals surface area contributed by atoms with E-state index in [1.807, 2.05) is 0 Å². The molecule has 1 heterocycles. The maximum Gasteiger partial charge on any atom is 0.311 e. The highest BCUT2D eigenvalue weighted by molar-refractivity contribution is 5.74. The van der Waals surface area contributed by atoms with Gasteiger partial charge in [-0.05, 0) is 49.4 Å². The van der Waals surface area contributed by atoms with Crippen molar-refractivity contribution in [1.82, 2.24) is 0 Å². The molecule has 5 atom stereocenters. The second kappa shape index (κ2) is 6.25. The maximum absolute atomic E-state index is 11.4. The summed E-state index contributed by atoms with van der Waals surface area (Å²) in [5.74, 6) is 2.31. The van der Waals surface area contributed by atoms with E-state index < -0.39 is 6.10 Å². The molecule has 1 aliphatic heterocycles. The Labute approximate surface area is 116 Å². The van der Waals surface area contributed by atoms with Crippen molar-refractivity contribution < 1.29 is 14.6 Å². The average Bonchev–Trinajstić information content (AvgIpc) is 3.02. The normalized spacial score (nSPS) is 38.1. The third-order valence-corrected chi connectivity index (χ3v) is 4.62. The van der Waals surface area contributed by atoms with E-state index in [2.05, 4.69) is 20.8 Å². The molecule has 3 fully saturated rings. The molecule has 3 heteroatoms. The zero-order valence-corrected chi connectivity index (χ0v) is 12.5. The highest BCUT2D eigenvalue weighted by atomic mass is 16.5. The number of ether oxygens (including phenoxy) is 1. The Morgan fingerprint density at radius 2 is 1.84 bits per heavy atom. The zero-order valence-electron chi connectivity index (χ0n) is 12.5. The molecule has 0 aromatic rings. The molecule has 110 valence electrons. The Bertz CT molecular complexity index is 310. The summed E-state index contributed by atoms with van der Waals surface area (Å²) < 4.78 is 4.93. The number of esters is 1. The first kappa shape index (κ1) is 14.8. The largest absolute Gasteiger partial charge is 0.465 e. The molecule has 19 heavy (non-hydrogen) atoms. The molecule has 0 radical (unpaired) electrons. The van der Waals surface area contributed by atoms with E-state index in [0.717, 1.165) is 18.3 Å². The van der Waals surface area contributed by atoms with Crippen LogP contribution < -0.4 is 0 Å². The molecule has 3 nitrogen and oxygen atoms in total. The Balaban J connectivity index is 0.000000297. The van der Waals surface area contributed by atoms with E-state index in [9.17, 15) is 9.90 Å². The van der Waals surface area contributed by atoms with Crippen molar-refractivity contribution in [3.05, 3.63) is 0 Å². The van der Waals surface area contributed by atoms with Crippen molar-refractivity contribution in [1.29, 1.82) is 0 Å². The standard InChI is InChI=1S/C12H18O3.C4H10/c13-11(9-3-4-15-12(9)14)10-6-7-1-2-8(10)5-7;1-4(2)3/h7-11,13H,1-6H2;4H,1-3H3. The summed E-state index contributed by atoms with van der Waals surface area (Å²) in [4.78, 5) is 11.4. The van der Waals surface area contributed by atoms with Gasteiger partial charge < -0.3 is 9.84 Å². The smallest absolute Gasteiger partial charge is 0.311 e. The van der Waals surface area contributed by atoms with Crippen LogP contribution >= 0.6 is 0 Å². The Morgan fingerprint density at radius 1 is 1.16 bits per heavy atom. The number of rotatable bonds is 2. The molecular weight excluding hydrogens is 240 g/mol. The minimum atomic E-state index is -0.435. The van der Waals surface area contributed by atoms with Crippen LogP contribution in [0.1, 0.15) is 52.9 Å². The highest BCUT2D eigenvalue weighted by Crippen LogP contribution is 2.51. The lowest BCUT2D eigenvalue weighted by Gasteiger charge is -2.28. The van der Waals surface area contributed by atoms with Crippen LogP contribution in [0, 0.1) is 29.6 Å². The van der Waals surface area contributed by atoms with Gasteiger partial charge in [-0.3, -0.25) is 4.79 Å². The molecule has 2 saturated carbocycles. The number of hydrogen-bond acceptors (Lipinski definition) is 3. The molecule has 0 spiro atoms. The van der Waals surface area contributed by atoms with Gasteiger partial charge in [0.15, 0.2) is 0 Å². The van der Waals surface area contributed by atoms with Crippen molar-refractivity contribution >= 4 is 5.97 Å².